The van der Waals surface area contributed by atoms with Crippen LogP contribution in [0.25, 0.3) is 0 Å². The average Bonchev–Trinajstić information content (AvgIpc) is 2.44. The van der Waals surface area contributed by atoms with Crippen molar-refractivity contribution in [3.63, 3.8) is 0 Å². The Kier molecular flexibility index (Phi) is 5.68. The van der Waals surface area contributed by atoms with Gasteiger partial charge in [0.1, 0.15) is 11.5 Å². The van der Waals surface area contributed by atoms with Crippen molar-refractivity contribution < 1.29 is 35.7 Å². The maximum absolute atomic E-state index is 12.9. The van der Waals surface area contributed by atoms with Gasteiger partial charge in [-0.3, -0.25) is 0 Å². The van der Waals surface area contributed by atoms with Crippen molar-refractivity contribution in [1.82, 2.24) is 0 Å². The molecule has 2 aromatic carbocycles. The molecule has 0 saturated carbocycles. The molecule has 0 aliphatic heterocycles. The molecule has 0 unspecified atom stereocenters. The van der Waals surface area contributed by atoms with Crippen LogP contribution in [-0.2, 0) is 12.4 Å². The monoisotopic (exact) mass is 402 g/mol. The molecule has 0 atom stereocenters. The quantitative estimate of drug-likeness (QED) is 0.478. The molecular weight excluding hydrogens is 396 g/mol. The molecule has 2 rings (SSSR count). The Morgan fingerprint density at radius 3 is 1.36 bits per heavy atom. The van der Waals surface area contributed by atoms with E-state index in [1.54, 1.807) is 0 Å². The Morgan fingerprint density at radius 2 is 1.04 bits per heavy atom. The summed E-state index contributed by atoms with van der Waals surface area (Å²) in [6.07, 6.45) is -9.46. The van der Waals surface area contributed by atoms with E-state index in [1.165, 1.54) is 0 Å². The maximum atomic E-state index is 12.9. The minimum Gasteiger partial charge on any atom is -0.528 e. The van der Waals surface area contributed by atoms with Crippen LogP contribution >= 0.6 is 23.2 Å². The summed E-state index contributed by atoms with van der Waals surface area (Å²) in [6, 6.07) is 5.18. The predicted octanol–water partition coefficient (Wildman–Crippen LogP) is 5.76. The molecule has 0 aromatic heterocycles. The fourth-order valence-corrected chi connectivity index (χ4v) is 2.18. The third-order valence-corrected chi connectivity index (χ3v) is 3.40. The van der Waals surface area contributed by atoms with Gasteiger partial charge in [-0.1, -0.05) is 23.2 Å². The third kappa shape index (κ3) is 5.12. The lowest BCUT2D eigenvalue weighted by Gasteiger charge is -2.16. The standard InChI is InChI=1S/C14H7BCl2F6O2/c16-7-1-3-9(13(18,19)20)11(5-7)24-15-25-12-6-8(17)2-4-10(12)14(21,22)23/h1-6,15H. The Bertz CT molecular complexity index is 700. The molecule has 0 aliphatic rings. The summed E-state index contributed by atoms with van der Waals surface area (Å²) in [6.45, 7) is 0. The van der Waals surface area contributed by atoms with Crippen LogP contribution < -0.4 is 9.31 Å². The number of hydrogen-bond donors (Lipinski definition) is 0. The van der Waals surface area contributed by atoms with Crippen molar-refractivity contribution >= 4 is 30.9 Å². The SMILES string of the molecule is FC(F)(F)c1ccc(Cl)cc1OBOc1cc(Cl)ccc1C(F)(F)F. The van der Waals surface area contributed by atoms with Gasteiger partial charge in [0, 0.05) is 10.0 Å². The van der Waals surface area contributed by atoms with Gasteiger partial charge in [-0.15, -0.1) is 0 Å². The molecule has 0 bridgehead atoms. The van der Waals surface area contributed by atoms with Crippen molar-refractivity contribution in [3.05, 3.63) is 57.6 Å². The maximum Gasteiger partial charge on any atom is 0.576 e. The van der Waals surface area contributed by atoms with E-state index >= 15 is 0 Å². The summed E-state index contributed by atoms with van der Waals surface area (Å²) in [4.78, 5) is 0. The van der Waals surface area contributed by atoms with E-state index in [0.717, 1.165) is 24.3 Å². The first-order valence-electron chi connectivity index (χ1n) is 6.47. The Hall–Kier alpha value is -1.74. The van der Waals surface area contributed by atoms with Crippen molar-refractivity contribution in [2.75, 3.05) is 0 Å². The van der Waals surface area contributed by atoms with Crippen LogP contribution in [0.15, 0.2) is 36.4 Å². The number of halogens is 8. The van der Waals surface area contributed by atoms with Crippen molar-refractivity contribution in [3.8, 4) is 11.5 Å². The van der Waals surface area contributed by atoms with Gasteiger partial charge in [0.15, 0.2) is 0 Å². The summed E-state index contributed by atoms with van der Waals surface area (Å²) < 4.78 is 86.9. The molecule has 0 heterocycles. The number of alkyl halides is 6. The third-order valence-electron chi connectivity index (χ3n) is 2.93. The van der Waals surface area contributed by atoms with Gasteiger partial charge in [-0.05, 0) is 36.4 Å². The van der Waals surface area contributed by atoms with Crippen LogP contribution in [0, 0.1) is 0 Å². The summed E-state index contributed by atoms with van der Waals surface area (Å²) in [5.41, 5.74) is -2.27. The van der Waals surface area contributed by atoms with Crippen molar-refractivity contribution in [2.24, 2.45) is 0 Å². The van der Waals surface area contributed by atoms with E-state index in [-0.39, 0.29) is 10.0 Å². The molecule has 0 amide bonds. The largest absolute Gasteiger partial charge is 0.576 e. The van der Waals surface area contributed by atoms with Gasteiger partial charge >= 0.3 is 20.0 Å². The Morgan fingerprint density at radius 1 is 0.680 bits per heavy atom. The highest BCUT2D eigenvalue weighted by Crippen LogP contribution is 2.39. The van der Waals surface area contributed by atoms with Gasteiger partial charge in [-0.2, -0.15) is 26.3 Å². The fourth-order valence-electron chi connectivity index (χ4n) is 1.86. The first-order valence-corrected chi connectivity index (χ1v) is 7.23. The van der Waals surface area contributed by atoms with Crippen LogP contribution in [0.2, 0.25) is 10.0 Å². The summed E-state index contributed by atoms with van der Waals surface area (Å²) >= 11 is 11.2. The summed E-state index contributed by atoms with van der Waals surface area (Å²) in [7, 11) is -0.910. The van der Waals surface area contributed by atoms with Gasteiger partial charge in [0.25, 0.3) is 0 Å². The lowest BCUT2D eigenvalue weighted by Crippen LogP contribution is -2.17. The second-order valence-electron chi connectivity index (χ2n) is 4.68. The van der Waals surface area contributed by atoms with Gasteiger partial charge in [0.05, 0.1) is 11.1 Å². The number of rotatable bonds is 4. The highest BCUT2D eigenvalue weighted by molar-refractivity contribution is 6.31. The van der Waals surface area contributed by atoms with E-state index in [9.17, 15) is 26.3 Å². The second kappa shape index (κ2) is 7.25. The average molecular weight is 403 g/mol. The lowest BCUT2D eigenvalue weighted by atomic mass is 10.1. The molecule has 0 spiro atoms. The minimum atomic E-state index is -4.73. The minimum absolute atomic E-state index is 0.0401. The molecule has 25 heavy (non-hydrogen) atoms. The normalized spacial score (nSPS) is 12.0. The lowest BCUT2D eigenvalue weighted by molar-refractivity contribution is -0.138. The van der Waals surface area contributed by atoms with E-state index < -0.39 is 42.7 Å². The van der Waals surface area contributed by atoms with Crippen LogP contribution in [0.3, 0.4) is 0 Å². The molecule has 2 nitrogen and oxygen atoms in total. The highest BCUT2D eigenvalue weighted by atomic mass is 35.5. The van der Waals surface area contributed by atoms with Crippen LogP contribution in [0.1, 0.15) is 11.1 Å². The summed E-state index contributed by atoms with van der Waals surface area (Å²) in [5.74, 6) is -1.34. The molecule has 134 valence electrons. The van der Waals surface area contributed by atoms with Crippen LogP contribution in [-0.4, -0.2) is 7.69 Å². The van der Waals surface area contributed by atoms with Crippen LogP contribution in [0.5, 0.6) is 11.5 Å². The Balaban J connectivity index is 2.20. The Labute approximate surface area is 148 Å². The van der Waals surface area contributed by atoms with Crippen molar-refractivity contribution in [2.45, 2.75) is 12.4 Å². The smallest absolute Gasteiger partial charge is 0.528 e. The van der Waals surface area contributed by atoms with Gasteiger partial charge < -0.3 is 9.31 Å². The molecule has 0 radical (unpaired) electrons. The fraction of sp³-hybridized carbons (Fsp3) is 0.143. The van der Waals surface area contributed by atoms with E-state index in [1.807, 2.05) is 0 Å². The van der Waals surface area contributed by atoms with Crippen molar-refractivity contribution in [1.29, 1.82) is 0 Å². The molecule has 0 fully saturated rings. The first kappa shape index (κ1) is 19.6. The molecule has 2 aromatic rings. The molecule has 0 saturated heterocycles. The topological polar surface area (TPSA) is 18.5 Å². The zero-order valence-corrected chi connectivity index (χ0v) is 13.5. The molecule has 0 aliphatic carbocycles. The molecular formula is C14H7BCl2F6O2. The summed E-state index contributed by atoms with van der Waals surface area (Å²) in [5, 5.41) is -0.0801. The number of hydrogen-bond acceptors (Lipinski definition) is 2. The van der Waals surface area contributed by atoms with Gasteiger partial charge in [0.2, 0.25) is 0 Å². The first-order chi connectivity index (χ1) is 11.5. The van der Waals surface area contributed by atoms with E-state index in [0.29, 0.717) is 12.1 Å². The zero-order valence-electron chi connectivity index (χ0n) is 12.0. The molecule has 0 N–H and O–H groups in total. The van der Waals surface area contributed by atoms with Gasteiger partial charge in [-0.25, -0.2) is 0 Å². The second-order valence-corrected chi connectivity index (χ2v) is 5.56. The highest BCUT2D eigenvalue weighted by Gasteiger charge is 2.36. The van der Waals surface area contributed by atoms with E-state index in [2.05, 4.69) is 0 Å². The van der Waals surface area contributed by atoms with E-state index in [4.69, 9.17) is 32.5 Å². The molecule has 11 heteroatoms. The zero-order chi connectivity index (χ0) is 18.8. The predicted molar refractivity (Wildman–Crippen MR) is 81.3 cm³/mol. The van der Waals surface area contributed by atoms with Crippen LogP contribution in [0.4, 0.5) is 26.3 Å². The number of benzene rings is 2.